The lowest BCUT2D eigenvalue weighted by Crippen LogP contribution is -2.17. The molecule has 0 fully saturated rings. The van der Waals surface area contributed by atoms with Gasteiger partial charge in [0.15, 0.2) is 5.84 Å². The van der Waals surface area contributed by atoms with Crippen LogP contribution in [0.4, 0.5) is 14.5 Å². The summed E-state index contributed by atoms with van der Waals surface area (Å²) in [5.41, 5.74) is 6.90. The number of anilines is 1. The highest BCUT2D eigenvalue weighted by Crippen LogP contribution is 2.23. The summed E-state index contributed by atoms with van der Waals surface area (Å²) < 4.78 is 26.2. The molecule has 0 amide bonds. The topological polar surface area (TPSA) is 70.6 Å². The van der Waals surface area contributed by atoms with Crippen LogP contribution in [0.2, 0.25) is 5.02 Å². The van der Waals surface area contributed by atoms with Gasteiger partial charge < -0.3 is 16.3 Å². The van der Waals surface area contributed by atoms with Crippen molar-refractivity contribution in [2.45, 2.75) is 6.54 Å². The number of hydrogen-bond acceptors (Lipinski definition) is 3. The minimum absolute atomic E-state index is 0.198. The molecule has 0 bridgehead atoms. The van der Waals surface area contributed by atoms with Gasteiger partial charge in [-0.05, 0) is 35.9 Å². The maximum absolute atomic E-state index is 13.2. The zero-order chi connectivity index (χ0) is 15.4. The zero-order valence-corrected chi connectivity index (χ0v) is 11.5. The van der Waals surface area contributed by atoms with E-state index in [9.17, 15) is 8.78 Å². The largest absolute Gasteiger partial charge is 0.409 e. The normalized spacial score (nSPS) is 11.5. The third-order valence-corrected chi connectivity index (χ3v) is 3.17. The third-order valence-electron chi connectivity index (χ3n) is 2.86. The predicted octanol–water partition coefficient (Wildman–Crippen LogP) is 3.32. The highest BCUT2D eigenvalue weighted by Gasteiger charge is 2.09. The Kier molecular flexibility index (Phi) is 4.59. The van der Waals surface area contributed by atoms with E-state index in [1.165, 1.54) is 36.4 Å². The maximum Gasteiger partial charge on any atom is 0.170 e. The van der Waals surface area contributed by atoms with Gasteiger partial charge in [-0.3, -0.25) is 0 Å². The molecule has 2 aromatic carbocycles. The SMILES string of the molecule is NC(=NO)c1cc(F)ccc1CNc1ccc(F)cc1Cl. The molecule has 0 saturated heterocycles. The first-order valence-electron chi connectivity index (χ1n) is 5.96. The first-order chi connectivity index (χ1) is 10.0. The number of nitrogens with two attached hydrogens (primary N) is 1. The van der Waals surface area contributed by atoms with E-state index in [0.29, 0.717) is 11.3 Å². The lowest BCUT2D eigenvalue weighted by Gasteiger charge is -2.12. The first-order valence-corrected chi connectivity index (χ1v) is 6.34. The Morgan fingerprint density at radius 3 is 2.52 bits per heavy atom. The molecule has 0 aromatic heterocycles. The van der Waals surface area contributed by atoms with Crippen LogP contribution < -0.4 is 11.1 Å². The van der Waals surface area contributed by atoms with Gasteiger partial charge in [0.25, 0.3) is 0 Å². The van der Waals surface area contributed by atoms with Crippen molar-refractivity contribution in [2.24, 2.45) is 10.9 Å². The molecular formula is C14H12ClF2N3O. The Morgan fingerprint density at radius 2 is 1.86 bits per heavy atom. The fourth-order valence-corrected chi connectivity index (χ4v) is 2.05. The summed E-state index contributed by atoms with van der Waals surface area (Å²) in [6.07, 6.45) is 0. The van der Waals surface area contributed by atoms with Gasteiger partial charge in [0, 0.05) is 12.1 Å². The van der Waals surface area contributed by atoms with E-state index in [1.807, 2.05) is 0 Å². The second-order valence-corrected chi connectivity index (χ2v) is 4.67. The highest BCUT2D eigenvalue weighted by atomic mass is 35.5. The van der Waals surface area contributed by atoms with Gasteiger partial charge in [0.1, 0.15) is 11.6 Å². The fourth-order valence-electron chi connectivity index (χ4n) is 1.82. The zero-order valence-electron chi connectivity index (χ0n) is 10.8. The number of hydrogen-bond donors (Lipinski definition) is 3. The van der Waals surface area contributed by atoms with Crippen molar-refractivity contribution in [3.8, 4) is 0 Å². The average Bonchev–Trinajstić information content (AvgIpc) is 2.46. The number of benzene rings is 2. The molecule has 4 N–H and O–H groups in total. The van der Waals surface area contributed by atoms with E-state index >= 15 is 0 Å². The first kappa shape index (κ1) is 15.1. The van der Waals surface area contributed by atoms with E-state index in [2.05, 4.69) is 10.5 Å². The van der Waals surface area contributed by atoms with Crippen molar-refractivity contribution in [1.82, 2.24) is 0 Å². The van der Waals surface area contributed by atoms with Gasteiger partial charge in [-0.25, -0.2) is 8.78 Å². The van der Waals surface area contributed by atoms with Crippen LogP contribution in [-0.4, -0.2) is 11.0 Å². The number of amidine groups is 1. The van der Waals surface area contributed by atoms with Crippen LogP contribution in [0.5, 0.6) is 0 Å². The van der Waals surface area contributed by atoms with E-state index in [0.717, 1.165) is 0 Å². The van der Waals surface area contributed by atoms with Gasteiger partial charge in [-0.15, -0.1) is 0 Å². The Labute approximate surface area is 124 Å². The Morgan fingerprint density at radius 1 is 1.19 bits per heavy atom. The van der Waals surface area contributed by atoms with Gasteiger partial charge >= 0.3 is 0 Å². The van der Waals surface area contributed by atoms with Crippen LogP contribution in [0.1, 0.15) is 11.1 Å². The van der Waals surface area contributed by atoms with Crippen molar-refractivity contribution >= 4 is 23.1 Å². The Hall–Kier alpha value is -2.34. The van der Waals surface area contributed by atoms with E-state index in [1.54, 1.807) is 0 Å². The molecule has 0 radical (unpaired) electrons. The summed E-state index contributed by atoms with van der Waals surface area (Å²) >= 11 is 5.90. The Balaban J connectivity index is 2.24. The van der Waals surface area contributed by atoms with Crippen molar-refractivity contribution in [2.75, 3.05) is 5.32 Å². The van der Waals surface area contributed by atoms with Gasteiger partial charge in [-0.1, -0.05) is 22.8 Å². The van der Waals surface area contributed by atoms with E-state index in [4.69, 9.17) is 22.5 Å². The molecule has 2 aromatic rings. The second kappa shape index (κ2) is 6.41. The summed E-state index contributed by atoms with van der Waals surface area (Å²) in [6, 6.07) is 7.87. The standard InChI is InChI=1S/C14H12ClF2N3O/c15-12-6-10(17)3-4-13(12)19-7-8-1-2-9(16)5-11(8)14(18)20-21/h1-6,19,21H,7H2,(H2,18,20). The molecule has 0 atom stereocenters. The number of oxime groups is 1. The molecule has 0 unspecified atom stereocenters. The van der Waals surface area contributed by atoms with E-state index in [-0.39, 0.29) is 23.0 Å². The summed E-state index contributed by atoms with van der Waals surface area (Å²) in [7, 11) is 0. The van der Waals surface area contributed by atoms with Crippen molar-refractivity contribution in [3.63, 3.8) is 0 Å². The molecule has 0 saturated carbocycles. The lowest BCUT2D eigenvalue weighted by atomic mass is 10.1. The molecule has 7 heteroatoms. The number of halogens is 3. The molecule has 0 aliphatic rings. The molecule has 2 rings (SSSR count). The molecule has 4 nitrogen and oxygen atoms in total. The van der Waals surface area contributed by atoms with Gasteiger partial charge in [0.2, 0.25) is 0 Å². The average molecular weight is 312 g/mol. The summed E-state index contributed by atoms with van der Waals surface area (Å²) in [5, 5.41) is 14.8. The molecule has 0 heterocycles. The fraction of sp³-hybridized carbons (Fsp3) is 0.0714. The third kappa shape index (κ3) is 3.61. The van der Waals surface area contributed by atoms with Crippen molar-refractivity contribution < 1.29 is 14.0 Å². The molecular weight excluding hydrogens is 300 g/mol. The van der Waals surface area contributed by atoms with Crippen LogP contribution in [-0.2, 0) is 6.54 Å². The molecule has 0 aliphatic carbocycles. The maximum atomic E-state index is 13.2. The second-order valence-electron chi connectivity index (χ2n) is 4.26. The monoisotopic (exact) mass is 311 g/mol. The molecule has 0 spiro atoms. The van der Waals surface area contributed by atoms with Crippen LogP contribution in [0.25, 0.3) is 0 Å². The minimum atomic E-state index is -0.500. The summed E-state index contributed by atoms with van der Waals surface area (Å²) in [4.78, 5) is 0. The summed E-state index contributed by atoms with van der Waals surface area (Å²) in [5.74, 6) is -1.14. The number of nitrogens with one attached hydrogen (secondary N) is 1. The molecule has 0 aliphatic heterocycles. The molecule has 21 heavy (non-hydrogen) atoms. The number of rotatable bonds is 4. The van der Waals surface area contributed by atoms with Crippen LogP contribution >= 0.6 is 11.6 Å². The lowest BCUT2D eigenvalue weighted by molar-refractivity contribution is 0.318. The van der Waals surface area contributed by atoms with E-state index < -0.39 is 11.6 Å². The van der Waals surface area contributed by atoms with Crippen LogP contribution in [0, 0.1) is 11.6 Å². The smallest absolute Gasteiger partial charge is 0.170 e. The van der Waals surface area contributed by atoms with Gasteiger partial charge in [0.05, 0.1) is 10.7 Å². The van der Waals surface area contributed by atoms with Crippen molar-refractivity contribution in [1.29, 1.82) is 0 Å². The van der Waals surface area contributed by atoms with Crippen LogP contribution in [0.3, 0.4) is 0 Å². The molecule has 110 valence electrons. The Bertz CT molecular complexity index is 692. The minimum Gasteiger partial charge on any atom is -0.409 e. The van der Waals surface area contributed by atoms with Crippen LogP contribution in [0.15, 0.2) is 41.6 Å². The van der Waals surface area contributed by atoms with Gasteiger partial charge in [-0.2, -0.15) is 0 Å². The highest BCUT2D eigenvalue weighted by molar-refractivity contribution is 6.33. The van der Waals surface area contributed by atoms with Crippen molar-refractivity contribution in [3.05, 3.63) is 64.2 Å². The quantitative estimate of drug-likeness (QED) is 0.351. The summed E-state index contributed by atoms with van der Waals surface area (Å²) in [6.45, 7) is 0.247. The number of nitrogens with zero attached hydrogens (tertiary/aromatic N) is 1. The predicted molar refractivity (Wildman–Crippen MR) is 77.6 cm³/mol.